The summed E-state index contributed by atoms with van der Waals surface area (Å²) < 4.78 is 5.11. The highest BCUT2D eigenvalue weighted by Crippen LogP contribution is 2.28. The van der Waals surface area contributed by atoms with Crippen LogP contribution in [0.4, 0.5) is 0 Å². The second kappa shape index (κ2) is 6.99. The number of rotatable bonds is 3. The molecule has 2 aliphatic heterocycles. The van der Waals surface area contributed by atoms with E-state index in [1.54, 1.807) is 0 Å². The largest absolute Gasteiger partial charge is 0.341 e. The molecule has 2 atom stereocenters. The zero-order valence-electron chi connectivity index (χ0n) is 14.5. The van der Waals surface area contributed by atoms with Gasteiger partial charge in [-0.25, -0.2) is 0 Å². The minimum absolute atomic E-state index is 0.0505. The van der Waals surface area contributed by atoms with Crippen molar-refractivity contribution in [1.29, 1.82) is 0 Å². The lowest BCUT2D eigenvalue weighted by atomic mass is 9.94. The van der Waals surface area contributed by atoms with E-state index in [1.165, 1.54) is 6.42 Å². The van der Waals surface area contributed by atoms with Crippen molar-refractivity contribution in [1.82, 2.24) is 19.9 Å². The van der Waals surface area contributed by atoms with Crippen LogP contribution in [-0.4, -0.2) is 57.6 Å². The molecule has 23 heavy (non-hydrogen) atoms. The fourth-order valence-corrected chi connectivity index (χ4v) is 3.92. The van der Waals surface area contributed by atoms with Crippen molar-refractivity contribution in [2.75, 3.05) is 19.6 Å². The predicted molar refractivity (Wildman–Crippen MR) is 87.1 cm³/mol. The van der Waals surface area contributed by atoms with Crippen LogP contribution in [0.2, 0.25) is 0 Å². The molecule has 0 N–H and O–H groups in total. The van der Waals surface area contributed by atoms with E-state index in [4.69, 9.17) is 4.52 Å². The van der Waals surface area contributed by atoms with E-state index in [-0.39, 0.29) is 12.0 Å². The summed E-state index contributed by atoms with van der Waals surface area (Å²) in [4.78, 5) is 21.8. The van der Waals surface area contributed by atoms with E-state index < -0.39 is 0 Å². The van der Waals surface area contributed by atoms with Crippen molar-refractivity contribution in [3.8, 4) is 0 Å². The fraction of sp³-hybridized carbons (Fsp3) is 0.824. The normalized spacial score (nSPS) is 26.7. The first-order chi connectivity index (χ1) is 11.1. The first-order valence-electron chi connectivity index (χ1n) is 8.91. The second-order valence-electron chi connectivity index (χ2n) is 7.14. The lowest BCUT2D eigenvalue weighted by Gasteiger charge is -2.41. The molecule has 0 saturated carbocycles. The van der Waals surface area contributed by atoms with E-state index in [9.17, 15) is 4.79 Å². The summed E-state index contributed by atoms with van der Waals surface area (Å²) in [6.07, 6.45) is 5.38. The highest BCUT2D eigenvalue weighted by Gasteiger charge is 2.36. The molecule has 2 saturated heterocycles. The van der Waals surface area contributed by atoms with Crippen LogP contribution in [0.5, 0.6) is 0 Å². The maximum atomic E-state index is 13.1. The second-order valence-corrected chi connectivity index (χ2v) is 7.14. The van der Waals surface area contributed by atoms with Crippen molar-refractivity contribution >= 4 is 5.91 Å². The number of aromatic nitrogens is 2. The molecule has 3 rings (SSSR count). The number of aryl methyl sites for hydroxylation is 1. The molecular weight excluding hydrogens is 292 g/mol. The minimum atomic E-state index is 0.0505. The molecule has 0 bridgehead atoms. The van der Waals surface area contributed by atoms with Gasteiger partial charge in [-0.15, -0.1) is 0 Å². The van der Waals surface area contributed by atoms with Gasteiger partial charge in [-0.05, 0) is 46.1 Å². The average Bonchev–Trinajstić information content (AvgIpc) is 3.01. The first-order valence-corrected chi connectivity index (χ1v) is 8.91. The maximum Gasteiger partial charge on any atom is 0.239 e. The number of piperidine rings is 2. The zero-order valence-corrected chi connectivity index (χ0v) is 14.5. The Morgan fingerprint density at radius 3 is 2.74 bits per heavy atom. The highest BCUT2D eigenvalue weighted by atomic mass is 16.5. The van der Waals surface area contributed by atoms with Crippen LogP contribution in [0.3, 0.4) is 0 Å². The summed E-state index contributed by atoms with van der Waals surface area (Å²) in [6.45, 7) is 8.80. The van der Waals surface area contributed by atoms with Gasteiger partial charge in [-0.2, -0.15) is 4.98 Å². The molecule has 1 aromatic rings. The number of hydrogen-bond donors (Lipinski definition) is 0. The van der Waals surface area contributed by atoms with Crippen molar-refractivity contribution in [3.63, 3.8) is 0 Å². The molecule has 2 fully saturated rings. The molecule has 0 aromatic carbocycles. The van der Waals surface area contributed by atoms with Gasteiger partial charge < -0.3 is 9.42 Å². The van der Waals surface area contributed by atoms with E-state index in [0.717, 1.165) is 51.1 Å². The Labute approximate surface area is 138 Å². The van der Waals surface area contributed by atoms with Crippen LogP contribution in [0.25, 0.3) is 0 Å². The van der Waals surface area contributed by atoms with Crippen molar-refractivity contribution in [3.05, 3.63) is 11.7 Å². The van der Waals surface area contributed by atoms with E-state index in [2.05, 4.69) is 28.9 Å². The number of hydrogen-bond acceptors (Lipinski definition) is 5. The third kappa shape index (κ3) is 3.57. The summed E-state index contributed by atoms with van der Waals surface area (Å²) >= 11 is 0. The molecule has 0 spiro atoms. The Kier molecular flexibility index (Phi) is 4.99. The van der Waals surface area contributed by atoms with Crippen molar-refractivity contribution in [2.45, 2.75) is 70.9 Å². The van der Waals surface area contributed by atoms with Crippen LogP contribution in [0.15, 0.2) is 4.52 Å². The predicted octanol–water partition coefficient (Wildman–Crippen LogP) is 2.35. The van der Waals surface area contributed by atoms with Crippen LogP contribution in [0, 0.1) is 6.92 Å². The summed E-state index contributed by atoms with van der Waals surface area (Å²) in [7, 11) is 0. The average molecular weight is 320 g/mol. The zero-order chi connectivity index (χ0) is 16.4. The van der Waals surface area contributed by atoms with Gasteiger partial charge >= 0.3 is 0 Å². The Bertz CT molecular complexity index is 542. The quantitative estimate of drug-likeness (QED) is 0.855. The van der Waals surface area contributed by atoms with Crippen molar-refractivity contribution in [2.24, 2.45) is 0 Å². The van der Waals surface area contributed by atoms with Crippen LogP contribution in [-0.2, 0) is 4.79 Å². The van der Waals surface area contributed by atoms with Crippen LogP contribution < -0.4 is 0 Å². The maximum absolute atomic E-state index is 13.1. The summed E-state index contributed by atoms with van der Waals surface area (Å²) in [5, 5.41) is 4.05. The van der Waals surface area contributed by atoms with Gasteiger partial charge in [0.15, 0.2) is 5.82 Å². The fourth-order valence-electron chi connectivity index (χ4n) is 3.92. The number of carbonyl (C=O) groups is 1. The summed E-state index contributed by atoms with van der Waals surface area (Å²) in [5.41, 5.74) is 0. The van der Waals surface area contributed by atoms with Gasteiger partial charge in [0, 0.05) is 32.0 Å². The van der Waals surface area contributed by atoms with E-state index in [1.807, 2.05) is 11.8 Å². The molecule has 2 aliphatic rings. The Morgan fingerprint density at radius 2 is 2.04 bits per heavy atom. The molecule has 3 heterocycles. The van der Waals surface area contributed by atoms with E-state index in [0.29, 0.717) is 17.8 Å². The van der Waals surface area contributed by atoms with Gasteiger partial charge in [0.1, 0.15) is 0 Å². The van der Waals surface area contributed by atoms with Gasteiger partial charge in [-0.3, -0.25) is 9.69 Å². The van der Waals surface area contributed by atoms with E-state index >= 15 is 0 Å². The number of nitrogens with zero attached hydrogens (tertiary/aromatic N) is 4. The highest BCUT2D eigenvalue weighted by molar-refractivity contribution is 5.82. The molecule has 1 amide bonds. The van der Waals surface area contributed by atoms with Gasteiger partial charge in [0.05, 0.1) is 6.04 Å². The Hall–Kier alpha value is -1.43. The van der Waals surface area contributed by atoms with Crippen LogP contribution in [0.1, 0.15) is 63.6 Å². The molecule has 128 valence electrons. The molecule has 6 heteroatoms. The molecule has 0 radical (unpaired) electrons. The lowest BCUT2D eigenvalue weighted by Crippen LogP contribution is -2.54. The molecule has 6 nitrogen and oxygen atoms in total. The Balaban J connectivity index is 1.68. The summed E-state index contributed by atoms with van der Waals surface area (Å²) in [6, 6.07) is 0.471. The Morgan fingerprint density at radius 1 is 1.22 bits per heavy atom. The topological polar surface area (TPSA) is 62.5 Å². The lowest BCUT2D eigenvalue weighted by molar-refractivity contribution is -0.140. The molecular formula is C17H28N4O2. The van der Waals surface area contributed by atoms with Gasteiger partial charge in [0.25, 0.3) is 0 Å². The monoisotopic (exact) mass is 320 g/mol. The third-order valence-corrected chi connectivity index (χ3v) is 5.13. The SMILES string of the molecule is Cc1nc(C2CCCN(C(=O)C3CCCCN3C(C)C)C2)no1. The summed E-state index contributed by atoms with van der Waals surface area (Å²) in [5.74, 6) is 1.86. The van der Waals surface area contributed by atoms with Gasteiger partial charge in [0.2, 0.25) is 11.8 Å². The smallest absolute Gasteiger partial charge is 0.239 e. The first kappa shape index (κ1) is 16.4. The third-order valence-electron chi connectivity index (χ3n) is 5.13. The standard InChI is InChI=1S/C17H28N4O2/c1-12(2)21-10-5-4-8-15(21)17(22)20-9-6-7-14(11-20)16-18-13(3)23-19-16/h12,14-15H,4-11H2,1-3H3. The molecule has 2 unspecified atom stereocenters. The number of carbonyl (C=O) groups excluding carboxylic acids is 1. The van der Waals surface area contributed by atoms with Crippen LogP contribution >= 0.6 is 0 Å². The van der Waals surface area contributed by atoms with Crippen molar-refractivity contribution < 1.29 is 9.32 Å². The number of amides is 1. The minimum Gasteiger partial charge on any atom is -0.341 e. The molecule has 1 aromatic heterocycles. The molecule has 0 aliphatic carbocycles. The number of likely N-dealkylation sites (tertiary alicyclic amines) is 2. The van der Waals surface area contributed by atoms with Gasteiger partial charge in [-0.1, -0.05) is 11.6 Å².